The first-order chi connectivity index (χ1) is 9.92. The van der Waals surface area contributed by atoms with Crippen molar-refractivity contribution in [2.75, 3.05) is 20.2 Å². The number of carbonyl (C=O) groups is 3. The van der Waals surface area contributed by atoms with E-state index in [2.05, 4.69) is 10.1 Å². The van der Waals surface area contributed by atoms with E-state index in [0.717, 1.165) is 0 Å². The molecule has 4 N–H and O–H groups in total. The molecule has 0 aromatic heterocycles. The first-order valence-corrected chi connectivity index (χ1v) is 5.82. The average Bonchev–Trinajstić information content (AvgIpc) is 2.47. The zero-order valence-corrected chi connectivity index (χ0v) is 11.4. The fraction of sp³-hybridized carbons (Fsp3) is 0.250. The quantitative estimate of drug-likeness (QED) is 0.269. The Bertz CT molecular complexity index is 478. The lowest BCUT2D eigenvalue weighted by molar-refractivity contribution is -0.140. The predicted molar refractivity (Wildman–Crippen MR) is 74.2 cm³/mol. The predicted octanol–water partition coefficient (Wildman–Crippen LogP) is -1.99. The first kappa shape index (κ1) is 18.8. The van der Waals surface area contributed by atoms with Crippen molar-refractivity contribution in [2.24, 2.45) is 0 Å². The monoisotopic (exact) mass is 297 g/mol. The molecule has 0 fully saturated rings. The average molecular weight is 297 g/mol. The number of hydrogen-bond donors (Lipinski definition) is 4. The first-order valence-electron chi connectivity index (χ1n) is 5.82. The van der Waals surface area contributed by atoms with Crippen molar-refractivity contribution >= 4 is 30.8 Å². The van der Waals surface area contributed by atoms with Crippen LogP contribution in [-0.2, 0) is 14.3 Å². The molecule has 0 amide bonds. The van der Waals surface area contributed by atoms with Crippen LogP contribution in [0.3, 0.4) is 0 Å². The SMILES string of the molecule is COC(=O)CNCC(=O)O.O=Cc1ccccc1B(O)O. The van der Waals surface area contributed by atoms with E-state index in [4.69, 9.17) is 15.2 Å². The second kappa shape index (κ2) is 10.5. The minimum absolute atomic E-state index is 0.0667. The summed E-state index contributed by atoms with van der Waals surface area (Å²) in [6.45, 7) is -0.294. The molecule has 0 atom stereocenters. The van der Waals surface area contributed by atoms with Crippen LogP contribution < -0.4 is 10.8 Å². The number of aldehydes is 1. The van der Waals surface area contributed by atoms with E-state index in [1.165, 1.54) is 19.2 Å². The Hall–Kier alpha value is -2.23. The second-order valence-electron chi connectivity index (χ2n) is 3.69. The molecule has 0 aliphatic carbocycles. The number of methoxy groups -OCH3 is 1. The Kier molecular flexibility index (Phi) is 9.43. The Labute approximate surface area is 121 Å². The largest absolute Gasteiger partial charge is 0.489 e. The summed E-state index contributed by atoms with van der Waals surface area (Å²) in [5, 5.41) is 27.9. The highest BCUT2D eigenvalue weighted by molar-refractivity contribution is 6.60. The number of ether oxygens (including phenoxy) is 1. The summed E-state index contributed by atoms with van der Waals surface area (Å²) >= 11 is 0. The molecule has 0 saturated carbocycles. The van der Waals surface area contributed by atoms with Crippen molar-refractivity contribution in [1.82, 2.24) is 5.32 Å². The van der Waals surface area contributed by atoms with E-state index in [9.17, 15) is 14.4 Å². The molecule has 1 aromatic rings. The highest BCUT2D eigenvalue weighted by atomic mass is 16.5. The lowest BCUT2D eigenvalue weighted by Gasteiger charge is -2.00. The van der Waals surface area contributed by atoms with E-state index in [-0.39, 0.29) is 18.6 Å². The molecule has 0 radical (unpaired) electrons. The van der Waals surface area contributed by atoms with Gasteiger partial charge in [-0.2, -0.15) is 0 Å². The van der Waals surface area contributed by atoms with Crippen LogP contribution in [0.5, 0.6) is 0 Å². The molecule has 0 heterocycles. The van der Waals surface area contributed by atoms with Gasteiger partial charge in [0.05, 0.1) is 20.2 Å². The number of esters is 1. The number of rotatable bonds is 6. The molecule has 0 bridgehead atoms. The molecular weight excluding hydrogens is 281 g/mol. The maximum absolute atomic E-state index is 10.3. The zero-order valence-electron chi connectivity index (χ0n) is 11.4. The summed E-state index contributed by atoms with van der Waals surface area (Å²) in [4.78, 5) is 30.5. The van der Waals surface area contributed by atoms with Crippen LogP contribution in [0.15, 0.2) is 24.3 Å². The van der Waals surface area contributed by atoms with Crippen molar-refractivity contribution in [3.05, 3.63) is 29.8 Å². The fourth-order valence-corrected chi connectivity index (χ4v) is 1.20. The lowest BCUT2D eigenvalue weighted by Crippen LogP contribution is -2.32. The molecule has 0 spiro atoms. The van der Waals surface area contributed by atoms with Crippen molar-refractivity contribution in [1.29, 1.82) is 0 Å². The third-order valence-electron chi connectivity index (χ3n) is 2.17. The summed E-state index contributed by atoms with van der Waals surface area (Å²) in [6, 6.07) is 6.33. The maximum atomic E-state index is 10.3. The Balaban J connectivity index is 0.000000384. The van der Waals surface area contributed by atoms with Gasteiger partial charge in [0.2, 0.25) is 0 Å². The number of carboxylic acids is 1. The van der Waals surface area contributed by atoms with Gasteiger partial charge in [-0.3, -0.25) is 19.7 Å². The zero-order chi connectivity index (χ0) is 16.3. The summed E-state index contributed by atoms with van der Waals surface area (Å²) in [5.41, 5.74) is 0.546. The Morgan fingerprint density at radius 1 is 1.29 bits per heavy atom. The van der Waals surface area contributed by atoms with E-state index in [1.807, 2.05) is 0 Å². The minimum atomic E-state index is -1.57. The summed E-state index contributed by atoms with van der Waals surface area (Å²) in [5.74, 6) is -1.47. The third kappa shape index (κ3) is 8.53. The topological polar surface area (TPSA) is 133 Å². The van der Waals surface area contributed by atoms with Gasteiger partial charge in [0.25, 0.3) is 0 Å². The van der Waals surface area contributed by atoms with Crippen LogP contribution in [0.2, 0.25) is 0 Å². The van der Waals surface area contributed by atoms with Crippen LogP contribution in [0.4, 0.5) is 0 Å². The molecular formula is C12H16BNO7. The van der Waals surface area contributed by atoms with Gasteiger partial charge in [0.15, 0.2) is 0 Å². The number of nitrogens with one attached hydrogen (secondary N) is 1. The van der Waals surface area contributed by atoms with Crippen molar-refractivity contribution in [3.63, 3.8) is 0 Å². The number of aliphatic carboxylic acids is 1. The van der Waals surface area contributed by atoms with Crippen molar-refractivity contribution < 1.29 is 34.3 Å². The molecule has 1 aromatic carbocycles. The normalized spacial score (nSPS) is 9.10. The highest BCUT2D eigenvalue weighted by Crippen LogP contribution is 1.92. The van der Waals surface area contributed by atoms with Crippen LogP contribution in [0.25, 0.3) is 0 Å². The molecule has 0 saturated heterocycles. The number of carbonyl (C=O) groups excluding carboxylic acids is 2. The lowest BCUT2D eigenvalue weighted by atomic mass is 9.77. The van der Waals surface area contributed by atoms with Crippen LogP contribution >= 0.6 is 0 Å². The maximum Gasteiger partial charge on any atom is 0.489 e. The van der Waals surface area contributed by atoms with Crippen LogP contribution in [0, 0.1) is 0 Å². The van der Waals surface area contributed by atoms with Gasteiger partial charge in [-0.15, -0.1) is 0 Å². The minimum Gasteiger partial charge on any atom is -0.480 e. The Morgan fingerprint density at radius 2 is 1.90 bits per heavy atom. The van der Waals surface area contributed by atoms with E-state index < -0.39 is 19.1 Å². The van der Waals surface area contributed by atoms with Gasteiger partial charge in [-0.05, 0) is 5.46 Å². The van der Waals surface area contributed by atoms with E-state index >= 15 is 0 Å². The van der Waals surface area contributed by atoms with Gasteiger partial charge >= 0.3 is 19.1 Å². The van der Waals surface area contributed by atoms with Crippen LogP contribution in [0.1, 0.15) is 10.4 Å². The van der Waals surface area contributed by atoms with E-state index in [0.29, 0.717) is 11.8 Å². The van der Waals surface area contributed by atoms with Crippen molar-refractivity contribution in [2.45, 2.75) is 0 Å². The van der Waals surface area contributed by atoms with Gasteiger partial charge < -0.3 is 19.9 Å². The molecule has 0 aliphatic rings. The molecule has 21 heavy (non-hydrogen) atoms. The third-order valence-corrected chi connectivity index (χ3v) is 2.17. The standard InChI is InChI=1S/C7H7BO3.C5H9NO4/c9-5-6-3-1-2-4-7(6)8(10)11;1-10-5(9)3-6-2-4(7)8/h1-5,10-11H;6H,2-3H2,1H3,(H,7,8). The summed E-state index contributed by atoms with van der Waals surface area (Å²) in [7, 11) is -0.332. The molecule has 8 nitrogen and oxygen atoms in total. The molecule has 0 unspecified atom stereocenters. The molecule has 114 valence electrons. The number of carboxylic acid groups (broad SMARTS) is 1. The number of hydrogen-bond acceptors (Lipinski definition) is 7. The van der Waals surface area contributed by atoms with Gasteiger partial charge in [-0.1, -0.05) is 24.3 Å². The number of benzene rings is 1. The van der Waals surface area contributed by atoms with E-state index in [1.54, 1.807) is 12.1 Å². The van der Waals surface area contributed by atoms with Crippen LogP contribution in [-0.4, -0.2) is 60.7 Å². The molecule has 9 heteroatoms. The Morgan fingerprint density at radius 3 is 2.33 bits per heavy atom. The summed E-state index contributed by atoms with van der Waals surface area (Å²) in [6.07, 6.45) is 0.592. The molecule has 0 aliphatic heterocycles. The fourth-order valence-electron chi connectivity index (χ4n) is 1.20. The highest BCUT2D eigenvalue weighted by Gasteiger charge is 2.13. The van der Waals surface area contributed by atoms with Crippen molar-refractivity contribution in [3.8, 4) is 0 Å². The van der Waals surface area contributed by atoms with Gasteiger partial charge in [0, 0.05) is 5.56 Å². The summed E-state index contributed by atoms with van der Waals surface area (Å²) < 4.78 is 4.24. The second-order valence-corrected chi connectivity index (χ2v) is 3.69. The van der Waals surface area contributed by atoms with Gasteiger partial charge in [0.1, 0.15) is 6.29 Å². The van der Waals surface area contributed by atoms with Gasteiger partial charge in [-0.25, -0.2) is 0 Å². The molecule has 1 rings (SSSR count). The smallest absolute Gasteiger partial charge is 0.480 e.